The lowest BCUT2D eigenvalue weighted by molar-refractivity contribution is -0.127. The van der Waals surface area contributed by atoms with Gasteiger partial charge < -0.3 is 14.4 Å². The van der Waals surface area contributed by atoms with Gasteiger partial charge in [0.25, 0.3) is 0 Å². The summed E-state index contributed by atoms with van der Waals surface area (Å²) in [7, 11) is 1.60. The van der Waals surface area contributed by atoms with E-state index in [0.29, 0.717) is 38.1 Å². The van der Waals surface area contributed by atoms with Crippen LogP contribution in [0.15, 0.2) is 79.0 Å². The van der Waals surface area contributed by atoms with Gasteiger partial charge in [0.2, 0.25) is 5.91 Å². The lowest BCUT2D eigenvalue weighted by Gasteiger charge is -2.30. The third-order valence-corrected chi connectivity index (χ3v) is 5.96. The molecule has 0 atom stereocenters. The topological polar surface area (TPSA) is 68.7 Å². The van der Waals surface area contributed by atoms with E-state index in [1.54, 1.807) is 54.6 Å². The van der Waals surface area contributed by atoms with E-state index in [0.717, 1.165) is 22.8 Å². The number of carbonyl (C=O) groups is 2. The van der Waals surface area contributed by atoms with Gasteiger partial charge in [0, 0.05) is 36.8 Å². The van der Waals surface area contributed by atoms with Gasteiger partial charge in [-0.25, -0.2) is 0 Å². The second-order valence-corrected chi connectivity index (χ2v) is 8.20. The molecule has 1 saturated heterocycles. The Hall–Kier alpha value is -3.93. The predicted molar refractivity (Wildman–Crippen MR) is 131 cm³/mol. The number of aromatic nitrogens is 1. The molecule has 4 rings (SSSR count). The number of rotatable bonds is 8. The van der Waals surface area contributed by atoms with Crippen LogP contribution in [0.2, 0.25) is 0 Å². The maximum Gasteiger partial charge on any atom is 0.246 e. The van der Waals surface area contributed by atoms with Gasteiger partial charge in [-0.1, -0.05) is 18.2 Å². The summed E-state index contributed by atoms with van der Waals surface area (Å²) in [6.45, 7) is 1.57. The second kappa shape index (κ2) is 11.3. The Morgan fingerprint density at radius 2 is 1.68 bits per heavy atom. The highest BCUT2D eigenvalue weighted by Crippen LogP contribution is 2.23. The van der Waals surface area contributed by atoms with Crippen molar-refractivity contribution in [1.29, 1.82) is 0 Å². The number of likely N-dealkylation sites (tertiary alicyclic amines) is 1. The number of methoxy groups -OCH3 is 1. The molecule has 0 saturated carbocycles. The molecule has 6 heteroatoms. The number of Topliss-reactive ketones (excluding diaryl/α,β-unsaturated/α-hetero) is 1. The highest BCUT2D eigenvalue weighted by molar-refractivity contribution is 5.98. The molecule has 1 aliphatic heterocycles. The Morgan fingerprint density at radius 3 is 2.32 bits per heavy atom. The Kier molecular flexibility index (Phi) is 7.71. The quantitative estimate of drug-likeness (QED) is 0.360. The molecule has 0 spiro atoms. The van der Waals surface area contributed by atoms with E-state index in [9.17, 15) is 9.59 Å². The molecule has 0 radical (unpaired) electrons. The number of nitrogens with zero attached hydrogens (tertiary/aromatic N) is 2. The van der Waals surface area contributed by atoms with Crippen molar-refractivity contribution in [3.8, 4) is 11.5 Å². The zero-order valence-corrected chi connectivity index (χ0v) is 19.2. The minimum absolute atomic E-state index is 0.0363. The first-order chi connectivity index (χ1) is 16.6. The highest BCUT2D eigenvalue weighted by Gasteiger charge is 2.27. The first-order valence-electron chi connectivity index (χ1n) is 11.4. The molecule has 34 heavy (non-hydrogen) atoms. The summed E-state index contributed by atoms with van der Waals surface area (Å²) in [5.41, 5.74) is 2.48. The van der Waals surface area contributed by atoms with Crippen molar-refractivity contribution < 1.29 is 19.1 Å². The molecule has 0 aliphatic carbocycles. The van der Waals surface area contributed by atoms with Crippen molar-refractivity contribution in [1.82, 2.24) is 9.88 Å². The Morgan fingerprint density at radius 1 is 0.971 bits per heavy atom. The number of hydrogen-bond acceptors (Lipinski definition) is 5. The molecular weight excluding hydrogens is 428 g/mol. The second-order valence-electron chi connectivity index (χ2n) is 8.20. The summed E-state index contributed by atoms with van der Waals surface area (Å²) in [4.78, 5) is 31.4. The molecule has 1 aromatic heterocycles. The summed E-state index contributed by atoms with van der Waals surface area (Å²) >= 11 is 0. The molecule has 1 amide bonds. The predicted octanol–water partition coefficient (Wildman–Crippen LogP) is 4.80. The molecule has 2 aromatic carbocycles. The zero-order chi connectivity index (χ0) is 23.8. The molecule has 2 heterocycles. The van der Waals surface area contributed by atoms with E-state index < -0.39 is 0 Å². The van der Waals surface area contributed by atoms with Gasteiger partial charge in [0.1, 0.15) is 18.1 Å². The highest BCUT2D eigenvalue weighted by atomic mass is 16.5. The van der Waals surface area contributed by atoms with Crippen molar-refractivity contribution in [2.24, 2.45) is 5.92 Å². The van der Waals surface area contributed by atoms with Crippen LogP contribution in [0.5, 0.6) is 11.5 Å². The molecule has 1 aliphatic rings. The Balaban J connectivity index is 1.24. The third-order valence-electron chi connectivity index (χ3n) is 5.96. The minimum Gasteiger partial charge on any atom is -0.497 e. The molecule has 0 bridgehead atoms. The molecule has 0 N–H and O–H groups in total. The van der Waals surface area contributed by atoms with E-state index in [1.807, 2.05) is 42.5 Å². The molecule has 174 valence electrons. The molecule has 3 aromatic rings. The summed E-state index contributed by atoms with van der Waals surface area (Å²) in [6, 6.07) is 20.5. The lowest BCUT2D eigenvalue weighted by atomic mass is 9.89. The van der Waals surface area contributed by atoms with Gasteiger partial charge in [-0.15, -0.1) is 0 Å². The maximum atomic E-state index is 12.8. The molecule has 1 fully saturated rings. The van der Waals surface area contributed by atoms with E-state index in [4.69, 9.17) is 9.47 Å². The van der Waals surface area contributed by atoms with E-state index in [2.05, 4.69) is 4.98 Å². The fourth-order valence-electron chi connectivity index (χ4n) is 3.94. The van der Waals surface area contributed by atoms with Gasteiger partial charge in [-0.3, -0.25) is 14.6 Å². The van der Waals surface area contributed by atoms with Crippen molar-refractivity contribution in [2.45, 2.75) is 19.4 Å². The number of pyridine rings is 1. The van der Waals surface area contributed by atoms with Crippen LogP contribution in [0.4, 0.5) is 0 Å². The summed E-state index contributed by atoms with van der Waals surface area (Å²) in [5.74, 6) is 1.52. The SMILES string of the molecule is COc1ccc(C(=O)C2CCN(C(=O)/C=C/c3ccc(OCc4ccccn4)cc3)CC2)cc1. The van der Waals surface area contributed by atoms with Crippen LogP contribution in [-0.2, 0) is 11.4 Å². The number of ketones is 1. The average Bonchev–Trinajstić information content (AvgIpc) is 2.91. The van der Waals surface area contributed by atoms with E-state index in [-0.39, 0.29) is 17.6 Å². The fourth-order valence-corrected chi connectivity index (χ4v) is 3.94. The fraction of sp³-hybridized carbons (Fsp3) is 0.250. The molecular formula is C28H28N2O4. The first kappa shape index (κ1) is 23.2. The number of ether oxygens (including phenoxy) is 2. The summed E-state index contributed by atoms with van der Waals surface area (Å²) < 4.78 is 10.9. The van der Waals surface area contributed by atoms with Crippen molar-refractivity contribution >= 4 is 17.8 Å². The van der Waals surface area contributed by atoms with Gasteiger partial charge >= 0.3 is 0 Å². The summed E-state index contributed by atoms with van der Waals surface area (Å²) in [5, 5.41) is 0. The van der Waals surface area contributed by atoms with Crippen molar-refractivity contribution in [2.75, 3.05) is 20.2 Å². The number of benzene rings is 2. The zero-order valence-electron chi connectivity index (χ0n) is 19.2. The van der Waals surface area contributed by atoms with Crippen LogP contribution in [0, 0.1) is 5.92 Å². The smallest absolute Gasteiger partial charge is 0.246 e. The standard InChI is InChI=1S/C28H28N2O4/c1-33-25-12-8-22(9-13-25)28(32)23-15-18-30(19-16-23)27(31)14-7-21-5-10-26(11-6-21)34-20-24-4-2-3-17-29-24/h2-14,17,23H,15-16,18-20H2,1H3/b14-7+. The van der Waals surface area contributed by atoms with Crippen LogP contribution in [0.1, 0.15) is 34.5 Å². The van der Waals surface area contributed by atoms with Crippen LogP contribution >= 0.6 is 0 Å². The number of piperidine rings is 1. The molecule has 6 nitrogen and oxygen atoms in total. The maximum absolute atomic E-state index is 12.8. The first-order valence-corrected chi connectivity index (χ1v) is 11.4. The van der Waals surface area contributed by atoms with Gasteiger partial charge in [-0.05, 0) is 73.0 Å². The van der Waals surface area contributed by atoms with Gasteiger partial charge in [-0.2, -0.15) is 0 Å². The normalized spacial score (nSPS) is 14.2. The lowest BCUT2D eigenvalue weighted by Crippen LogP contribution is -2.39. The molecule has 0 unspecified atom stereocenters. The summed E-state index contributed by atoms with van der Waals surface area (Å²) in [6.07, 6.45) is 6.49. The average molecular weight is 457 g/mol. The Labute approximate surface area is 199 Å². The van der Waals surface area contributed by atoms with E-state index in [1.165, 1.54) is 0 Å². The van der Waals surface area contributed by atoms with Crippen LogP contribution in [0.25, 0.3) is 6.08 Å². The van der Waals surface area contributed by atoms with Crippen LogP contribution < -0.4 is 9.47 Å². The largest absolute Gasteiger partial charge is 0.497 e. The van der Waals surface area contributed by atoms with Gasteiger partial charge in [0.05, 0.1) is 12.8 Å². The number of carbonyl (C=O) groups excluding carboxylic acids is 2. The third kappa shape index (κ3) is 6.10. The van der Waals surface area contributed by atoms with Crippen LogP contribution in [0.3, 0.4) is 0 Å². The van der Waals surface area contributed by atoms with Crippen molar-refractivity contribution in [3.05, 3.63) is 95.8 Å². The van der Waals surface area contributed by atoms with Crippen molar-refractivity contribution in [3.63, 3.8) is 0 Å². The number of hydrogen-bond donors (Lipinski definition) is 0. The van der Waals surface area contributed by atoms with Crippen LogP contribution in [-0.4, -0.2) is 41.8 Å². The van der Waals surface area contributed by atoms with Gasteiger partial charge in [0.15, 0.2) is 5.78 Å². The number of amides is 1. The van der Waals surface area contributed by atoms with E-state index >= 15 is 0 Å². The Bertz CT molecular complexity index is 1120. The monoisotopic (exact) mass is 456 g/mol. The minimum atomic E-state index is -0.0555.